The van der Waals surface area contributed by atoms with Crippen molar-refractivity contribution in [3.63, 3.8) is 0 Å². The molecular formula is C15H24O. The minimum atomic E-state index is 0.565. The summed E-state index contributed by atoms with van der Waals surface area (Å²) in [5, 5.41) is 0. The summed E-state index contributed by atoms with van der Waals surface area (Å²) in [6, 6.07) is 0. The summed E-state index contributed by atoms with van der Waals surface area (Å²) in [6.45, 7) is 8.62. The molecule has 0 aromatic rings. The second-order valence-corrected chi connectivity index (χ2v) is 5.29. The van der Waals surface area contributed by atoms with Gasteiger partial charge >= 0.3 is 0 Å². The summed E-state index contributed by atoms with van der Waals surface area (Å²) in [4.78, 5) is 0. The van der Waals surface area contributed by atoms with E-state index in [1.807, 2.05) is 12.2 Å². The van der Waals surface area contributed by atoms with Gasteiger partial charge in [-0.15, -0.1) is 13.2 Å². The van der Waals surface area contributed by atoms with Gasteiger partial charge in [-0.2, -0.15) is 0 Å². The topological polar surface area (TPSA) is 9.23 Å². The Hall–Kier alpha value is -0.560. The molecule has 1 saturated heterocycles. The molecule has 1 aliphatic carbocycles. The number of ether oxygens (including phenoxy) is 1. The van der Waals surface area contributed by atoms with E-state index in [1.54, 1.807) is 0 Å². The fourth-order valence-electron chi connectivity index (χ4n) is 3.48. The van der Waals surface area contributed by atoms with E-state index in [4.69, 9.17) is 4.74 Å². The highest BCUT2D eigenvalue weighted by atomic mass is 16.5. The van der Waals surface area contributed by atoms with Crippen LogP contribution < -0.4 is 0 Å². The highest BCUT2D eigenvalue weighted by Gasteiger charge is 2.44. The zero-order valence-electron chi connectivity index (χ0n) is 10.2. The summed E-state index contributed by atoms with van der Waals surface area (Å²) in [6.07, 6.45) is 12.2. The minimum absolute atomic E-state index is 0.565. The molecule has 16 heavy (non-hydrogen) atoms. The van der Waals surface area contributed by atoms with Crippen LogP contribution in [0, 0.1) is 17.8 Å². The Morgan fingerprint density at radius 1 is 1.00 bits per heavy atom. The van der Waals surface area contributed by atoms with Gasteiger partial charge in [0.25, 0.3) is 0 Å². The molecule has 4 atom stereocenters. The van der Waals surface area contributed by atoms with Crippen molar-refractivity contribution in [3.05, 3.63) is 25.3 Å². The molecule has 2 unspecified atom stereocenters. The van der Waals surface area contributed by atoms with E-state index in [9.17, 15) is 0 Å². The van der Waals surface area contributed by atoms with Crippen molar-refractivity contribution in [2.24, 2.45) is 17.8 Å². The highest BCUT2D eigenvalue weighted by Crippen LogP contribution is 2.46. The number of hydrogen-bond donors (Lipinski definition) is 0. The van der Waals surface area contributed by atoms with Gasteiger partial charge in [-0.3, -0.25) is 0 Å². The minimum Gasteiger partial charge on any atom is -0.377 e. The summed E-state index contributed by atoms with van der Waals surface area (Å²) in [5.41, 5.74) is 0. The Morgan fingerprint density at radius 2 is 1.69 bits per heavy atom. The van der Waals surface area contributed by atoms with E-state index in [0.717, 1.165) is 37.2 Å². The molecule has 0 bridgehead atoms. The van der Waals surface area contributed by atoms with Crippen molar-refractivity contribution < 1.29 is 4.74 Å². The normalized spacial score (nSPS) is 37.2. The summed E-state index contributed by atoms with van der Waals surface area (Å²) in [7, 11) is 0. The lowest BCUT2D eigenvalue weighted by atomic mass is 9.87. The first-order chi connectivity index (χ1) is 7.86. The predicted octanol–water partition coefficient (Wildman–Crippen LogP) is 3.96. The van der Waals surface area contributed by atoms with Crippen LogP contribution in [0.2, 0.25) is 0 Å². The van der Waals surface area contributed by atoms with Crippen molar-refractivity contribution in [1.82, 2.24) is 0 Å². The largest absolute Gasteiger partial charge is 0.377 e. The van der Waals surface area contributed by atoms with Crippen LogP contribution in [0.4, 0.5) is 0 Å². The van der Waals surface area contributed by atoms with E-state index in [0.29, 0.717) is 6.10 Å². The van der Waals surface area contributed by atoms with E-state index in [2.05, 4.69) is 13.2 Å². The number of allylic oxidation sites excluding steroid dienone is 2. The average molecular weight is 220 g/mol. The van der Waals surface area contributed by atoms with Crippen LogP contribution in [-0.2, 0) is 4.74 Å². The van der Waals surface area contributed by atoms with Crippen molar-refractivity contribution in [2.45, 2.75) is 44.6 Å². The molecule has 2 aliphatic rings. The van der Waals surface area contributed by atoms with Crippen LogP contribution in [0.3, 0.4) is 0 Å². The SMILES string of the molecule is C=CCC[C@H]1COC2C1CC[C@H]2CCC=C. The van der Waals surface area contributed by atoms with Gasteiger partial charge in [0.05, 0.1) is 12.7 Å². The molecule has 0 radical (unpaired) electrons. The zero-order valence-corrected chi connectivity index (χ0v) is 10.2. The Morgan fingerprint density at radius 3 is 2.38 bits per heavy atom. The zero-order chi connectivity index (χ0) is 11.4. The van der Waals surface area contributed by atoms with Crippen molar-refractivity contribution in [2.75, 3.05) is 6.61 Å². The van der Waals surface area contributed by atoms with Gasteiger partial charge in [0.15, 0.2) is 0 Å². The summed E-state index contributed by atoms with van der Waals surface area (Å²) < 4.78 is 6.03. The maximum Gasteiger partial charge on any atom is 0.0635 e. The Balaban J connectivity index is 1.85. The quantitative estimate of drug-likeness (QED) is 0.616. The van der Waals surface area contributed by atoms with Crippen LogP contribution in [0.15, 0.2) is 25.3 Å². The summed E-state index contributed by atoms with van der Waals surface area (Å²) in [5.74, 6) is 2.45. The van der Waals surface area contributed by atoms with Crippen molar-refractivity contribution in [1.29, 1.82) is 0 Å². The monoisotopic (exact) mass is 220 g/mol. The molecule has 2 rings (SSSR count). The van der Waals surface area contributed by atoms with Crippen molar-refractivity contribution >= 4 is 0 Å². The fourth-order valence-corrected chi connectivity index (χ4v) is 3.48. The van der Waals surface area contributed by atoms with Crippen LogP contribution in [-0.4, -0.2) is 12.7 Å². The Bertz CT molecular complexity index is 220. The molecule has 1 aliphatic heterocycles. The standard InChI is InChI=1S/C15H24O/c1-3-5-7-12-9-10-14-13(8-6-4-2)11-16-15(12)14/h3-4,12-15H,1-2,5-11H2/t12-,13+,14?,15?/m1/s1. The first-order valence-electron chi connectivity index (χ1n) is 6.70. The molecule has 0 aromatic heterocycles. The first kappa shape index (κ1) is 11.9. The average Bonchev–Trinajstić information content (AvgIpc) is 2.86. The van der Waals surface area contributed by atoms with Gasteiger partial charge in [-0.25, -0.2) is 0 Å². The van der Waals surface area contributed by atoms with Crippen LogP contribution in [0.5, 0.6) is 0 Å². The smallest absolute Gasteiger partial charge is 0.0635 e. The molecule has 0 spiro atoms. The number of fused-ring (bicyclic) bond motifs is 1. The molecule has 1 saturated carbocycles. The first-order valence-corrected chi connectivity index (χ1v) is 6.70. The van der Waals surface area contributed by atoms with Gasteiger partial charge in [0.1, 0.15) is 0 Å². The summed E-state index contributed by atoms with van der Waals surface area (Å²) >= 11 is 0. The Kier molecular flexibility index (Phi) is 4.22. The molecule has 0 aromatic carbocycles. The second-order valence-electron chi connectivity index (χ2n) is 5.29. The van der Waals surface area contributed by atoms with Gasteiger partial charge in [0, 0.05) is 0 Å². The lowest BCUT2D eigenvalue weighted by molar-refractivity contribution is 0.0619. The van der Waals surface area contributed by atoms with Crippen molar-refractivity contribution in [3.8, 4) is 0 Å². The number of rotatable bonds is 6. The maximum absolute atomic E-state index is 6.03. The molecule has 0 N–H and O–H groups in total. The van der Waals surface area contributed by atoms with Gasteiger partial charge in [-0.1, -0.05) is 12.2 Å². The Labute approximate surface area is 99.6 Å². The van der Waals surface area contributed by atoms with E-state index in [-0.39, 0.29) is 0 Å². The maximum atomic E-state index is 6.03. The molecule has 1 heterocycles. The highest BCUT2D eigenvalue weighted by molar-refractivity contribution is 4.94. The molecule has 0 amide bonds. The molecule has 2 fully saturated rings. The molecular weight excluding hydrogens is 196 g/mol. The lowest BCUT2D eigenvalue weighted by Crippen LogP contribution is -2.20. The molecule has 1 nitrogen and oxygen atoms in total. The predicted molar refractivity (Wildman–Crippen MR) is 68.3 cm³/mol. The molecule has 90 valence electrons. The second kappa shape index (κ2) is 5.67. The van der Waals surface area contributed by atoms with Crippen LogP contribution in [0.25, 0.3) is 0 Å². The lowest BCUT2D eigenvalue weighted by Gasteiger charge is -2.18. The van der Waals surface area contributed by atoms with E-state index >= 15 is 0 Å². The third kappa shape index (κ3) is 2.40. The van der Waals surface area contributed by atoms with E-state index in [1.165, 1.54) is 25.7 Å². The number of hydrogen-bond acceptors (Lipinski definition) is 1. The van der Waals surface area contributed by atoms with Crippen LogP contribution >= 0.6 is 0 Å². The third-order valence-electron chi connectivity index (χ3n) is 4.35. The van der Waals surface area contributed by atoms with Gasteiger partial charge < -0.3 is 4.74 Å². The van der Waals surface area contributed by atoms with Crippen LogP contribution in [0.1, 0.15) is 38.5 Å². The van der Waals surface area contributed by atoms with E-state index < -0.39 is 0 Å². The van der Waals surface area contributed by atoms with Gasteiger partial charge in [-0.05, 0) is 56.3 Å². The third-order valence-corrected chi connectivity index (χ3v) is 4.35. The molecule has 1 heteroatoms. The van der Waals surface area contributed by atoms with Gasteiger partial charge in [0.2, 0.25) is 0 Å². The fraction of sp³-hybridized carbons (Fsp3) is 0.733.